The summed E-state index contributed by atoms with van der Waals surface area (Å²) in [7, 11) is 2.79. The fourth-order valence-corrected chi connectivity index (χ4v) is 1.51. The van der Waals surface area contributed by atoms with Crippen LogP contribution in [0.15, 0.2) is 36.4 Å². The molecule has 0 spiro atoms. The van der Waals surface area contributed by atoms with E-state index in [4.69, 9.17) is 9.47 Å². The van der Waals surface area contributed by atoms with E-state index in [9.17, 15) is 19.8 Å². The predicted molar refractivity (Wildman–Crippen MR) is 85.4 cm³/mol. The third-order valence-corrected chi connectivity index (χ3v) is 2.65. The number of hydrogen-bond donors (Lipinski definition) is 0. The van der Waals surface area contributed by atoms with Crippen LogP contribution in [-0.2, 0) is 28.0 Å². The SMILES string of the molecule is COc1cc(C=O)ccc1[O-].COc1cc(C=O)ccc1[O-].[Fe+2].[OH3+].[OH3+]. The van der Waals surface area contributed by atoms with Gasteiger partial charge in [0.05, 0.1) is 14.2 Å². The summed E-state index contributed by atoms with van der Waals surface area (Å²) in [4.78, 5) is 20.5. The summed E-state index contributed by atoms with van der Waals surface area (Å²) in [6.45, 7) is 0. The van der Waals surface area contributed by atoms with Crippen molar-refractivity contribution in [2.24, 2.45) is 0 Å². The Bertz CT molecular complexity index is 603. The number of rotatable bonds is 4. The molecule has 0 aromatic heterocycles. The Morgan fingerprint density at radius 3 is 1.32 bits per heavy atom. The Morgan fingerprint density at radius 1 is 0.760 bits per heavy atom. The molecule has 0 aliphatic heterocycles. The molecule has 0 radical (unpaired) electrons. The van der Waals surface area contributed by atoms with Crippen LogP contribution in [0.3, 0.4) is 0 Å². The predicted octanol–water partition coefficient (Wildman–Crippen LogP) is -0.684. The van der Waals surface area contributed by atoms with Gasteiger partial charge in [0.25, 0.3) is 0 Å². The third kappa shape index (κ3) is 8.18. The van der Waals surface area contributed by atoms with Gasteiger partial charge in [0.2, 0.25) is 0 Å². The first-order chi connectivity index (χ1) is 10.5. The Hall–Kier alpha value is -2.58. The summed E-state index contributed by atoms with van der Waals surface area (Å²) >= 11 is 0. The zero-order valence-corrected chi connectivity index (χ0v) is 14.7. The van der Waals surface area contributed by atoms with Gasteiger partial charge in [-0.25, -0.2) is 0 Å². The molecule has 0 amide bonds. The largest absolute Gasteiger partial charge is 2.00 e. The molecule has 0 saturated carbocycles. The van der Waals surface area contributed by atoms with Crippen molar-refractivity contribution in [3.8, 4) is 23.0 Å². The zero-order chi connectivity index (χ0) is 16.5. The van der Waals surface area contributed by atoms with E-state index < -0.39 is 0 Å². The first kappa shape index (κ1) is 27.3. The van der Waals surface area contributed by atoms with E-state index in [1.165, 1.54) is 50.6 Å². The number of carbonyl (C=O) groups is 2. The van der Waals surface area contributed by atoms with E-state index in [2.05, 4.69) is 0 Å². The normalized spacial score (nSPS) is 8.08. The number of carbonyl (C=O) groups excluding carboxylic acids is 2. The second-order valence-electron chi connectivity index (χ2n) is 4.06. The molecule has 0 heterocycles. The number of aldehydes is 2. The molecule has 8 nitrogen and oxygen atoms in total. The minimum absolute atomic E-state index is 0. The van der Waals surface area contributed by atoms with Gasteiger partial charge < -0.3 is 30.6 Å². The van der Waals surface area contributed by atoms with Crippen molar-refractivity contribution in [1.82, 2.24) is 0 Å². The molecule has 0 saturated heterocycles. The van der Waals surface area contributed by atoms with E-state index >= 15 is 0 Å². The van der Waals surface area contributed by atoms with E-state index in [-0.39, 0.29) is 51.0 Å². The second-order valence-corrected chi connectivity index (χ2v) is 4.06. The smallest absolute Gasteiger partial charge is 0.870 e. The van der Waals surface area contributed by atoms with Gasteiger partial charge in [0.15, 0.2) is 0 Å². The van der Waals surface area contributed by atoms with Gasteiger partial charge in [-0.05, 0) is 12.1 Å². The number of methoxy groups -OCH3 is 2. The van der Waals surface area contributed by atoms with Crippen molar-refractivity contribution >= 4 is 12.6 Å². The topological polar surface area (TPSA) is 165 Å². The van der Waals surface area contributed by atoms with Crippen molar-refractivity contribution in [2.75, 3.05) is 14.2 Å². The minimum Gasteiger partial charge on any atom is -0.870 e. The van der Waals surface area contributed by atoms with Crippen LogP contribution >= 0.6 is 0 Å². The van der Waals surface area contributed by atoms with Crippen LogP contribution < -0.4 is 19.7 Å². The van der Waals surface area contributed by atoms with Crippen LogP contribution in [0.2, 0.25) is 0 Å². The van der Waals surface area contributed by atoms with Crippen molar-refractivity contribution in [2.45, 2.75) is 0 Å². The fraction of sp³-hybridized carbons (Fsp3) is 0.125. The molecule has 2 aromatic carbocycles. The van der Waals surface area contributed by atoms with Crippen LogP contribution in [0.1, 0.15) is 20.7 Å². The Morgan fingerprint density at radius 2 is 1.08 bits per heavy atom. The van der Waals surface area contributed by atoms with Crippen LogP contribution in [0.5, 0.6) is 23.0 Å². The third-order valence-electron chi connectivity index (χ3n) is 2.65. The van der Waals surface area contributed by atoms with Gasteiger partial charge in [0, 0.05) is 11.1 Å². The fourth-order valence-electron chi connectivity index (χ4n) is 1.51. The molecule has 6 N–H and O–H groups in total. The summed E-state index contributed by atoms with van der Waals surface area (Å²) in [5.74, 6) is -0.0135. The molecule has 2 rings (SSSR count). The van der Waals surface area contributed by atoms with Crippen molar-refractivity contribution in [3.05, 3.63) is 47.5 Å². The standard InChI is InChI=1S/2C8H8O3.Fe.2H2O/c2*1-11-8-4-6(5-9)2-3-7(8)10;;;/h2*2-5,10H,1H3;;2*1H2/q;;+2;;. The second kappa shape index (κ2) is 13.8. The maximum atomic E-state index is 10.9. The van der Waals surface area contributed by atoms with Crippen molar-refractivity contribution in [3.63, 3.8) is 0 Å². The number of benzene rings is 2. The average Bonchev–Trinajstić information content (AvgIpc) is 2.56. The van der Waals surface area contributed by atoms with Crippen LogP contribution in [0.4, 0.5) is 0 Å². The van der Waals surface area contributed by atoms with Crippen LogP contribution in [0, 0.1) is 0 Å². The molecule has 0 aliphatic carbocycles. The van der Waals surface area contributed by atoms with Gasteiger partial charge in [-0.1, -0.05) is 35.8 Å². The maximum absolute atomic E-state index is 10.9. The Balaban J connectivity index is -0.000000346. The van der Waals surface area contributed by atoms with Gasteiger partial charge in [-0.2, -0.15) is 0 Å². The average molecular weight is 396 g/mol. The summed E-state index contributed by atoms with van der Waals surface area (Å²) in [6, 6.07) is 8.35. The molecule has 0 bridgehead atoms. The molecule has 2 aromatic rings. The molecular weight excluding hydrogens is 376 g/mol. The maximum Gasteiger partial charge on any atom is 2.00 e. The number of ether oxygens (including phenoxy) is 2. The molecule has 138 valence electrons. The summed E-state index contributed by atoms with van der Waals surface area (Å²) < 4.78 is 9.43. The van der Waals surface area contributed by atoms with Crippen LogP contribution in [-0.4, -0.2) is 26.8 Å². The first-order valence-corrected chi connectivity index (χ1v) is 6.16. The van der Waals surface area contributed by atoms with Crippen molar-refractivity contribution < 1.29 is 57.3 Å². The molecule has 25 heavy (non-hydrogen) atoms. The molecule has 0 aliphatic rings. The number of hydrogen-bond acceptors (Lipinski definition) is 6. The van der Waals surface area contributed by atoms with E-state index in [0.717, 1.165) is 0 Å². The molecule has 0 fully saturated rings. The first-order valence-electron chi connectivity index (χ1n) is 6.16. The zero-order valence-electron chi connectivity index (χ0n) is 13.6. The Kier molecular flexibility index (Phi) is 15.1. The van der Waals surface area contributed by atoms with Crippen LogP contribution in [0.25, 0.3) is 0 Å². The van der Waals surface area contributed by atoms with E-state index in [1.807, 2.05) is 0 Å². The quantitative estimate of drug-likeness (QED) is 0.377. The molecule has 0 atom stereocenters. The summed E-state index contributed by atoms with van der Waals surface area (Å²) in [5.41, 5.74) is 0.892. The Labute approximate surface area is 155 Å². The van der Waals surface area contributed by atoms with Gasteiger partial charge >= 0.3 is 17.1 Å². The van der Waals surface area contributed by atoms with Crippen molar-refractivity contribution in [1.29, 1.82) is 0 Å². The monoisotopic (exact) mass is 396 g/mol. The van der Waals surface area contributed by atoms with Gasteiger partial charge in [-0.3, -0.25) is 9.59 Å². The summed E-state index contributed by atoms with van der Waals surface area (Å²) in [5, 5.41) is 21.8. The van der Waals surface area contributed by atoms with E-state index in [0.29, 0.717) is 23.7 Å². The summed E-state index contributed by atoms with van der Waals surface area (Å²) in [6.07, 6.45) is 1.34. The van der Waals surface area contributed by atoms with Gasteiger partial charge in [-0.15, -0.1) is 0 Å². The van der Waals surface area contributed by atoms with Gasteiger partial charge in [0.1, 0.15) is 24.1 Å². The van der Waals surface area contributed by atoms with E-state index in [1.54, 1.807) is 0 Å². The molecule has 0 unspecified atom stereocenters. The molecular formula is C16H20FeO8+2. The minimum atomic E-state index is -0.210. The molecule has 9 heteroatoms.